The van der Waals surface area contributed by atoms with E-state index < -0.39 is 0 Å². The van der Waals surface area contributed by atoms with E-state index >= 15 is 0 Å². The molecular weight excluding hydrogens is 280 g/mol. The van der Waals surface area contributed by atoms with Crippen LogP contribution >= 0.6 is 0 Å². The van der Waals surface area contributed by atoms with Gasteiger partial charge in [-0.15, -0.1) is 0 Å². The first-order valence-electron chi connectivity index (χ1n) is 6.74. The van der Waals surface area contributed by atoms with Gasteiger partial charge in [-0.2, -0.15) is 5.10 Å². The van der Waals surface area contributed by atoms with Crippen LogP contribution in [0.25, 0.3) is 5.82 Å². The summed E-state index contributed by atoms with van der Waals surface area (Å²) in [4.78, 5) is 24.1. The Morgan fingerprint density at radius 3 is 2.86 bits per heavy atom. The molecule has 0 atom stereocenters. The number of nitrogens with one attached hydrogen (secondary N) is 1. The molecular formula is C15H14N6O. The molecule has 7 heteroatoms. The maximum absolute atomic E-state index is 12.1. The van der Waals surface area contributed by atoms with Gasteiger partial charge >= 0.3 is 0 Å². The number of nitrogens with zero attached hydrogens (tertiary/aromatic N) is 5. The summed E-state index contributed by atoms with van der Waals surface area (Å²) in [7, 11) is 0. The first-order valence-corrected chi connectivity index (χ1v) is 6.74. The van der Waals surface area contributed by atoms with Crippen LogP contribution in [0.5, 0.6) is 0 Å². The van der Waals surface area contributed by atoms with Gasteiger partial charge in [0.2, 0.25) is 5.91 Å². The van der Waals surface area contributed by atoms with E-state index in [1.165, 1.54) is 23.7 Å². The molecule has 1 N–H and O–H groups in total. The number of carbonyl (C=O) groups is 1. The molecule has 110 valence electrons. The predicted molar refractivity (Wildman–Crippen MR) is 80.5 cm³/mol. The minimum atomic E-state index is -0.127. The van der Waals surface area contributed by atoms with E-state index in [0.29, 0.717) is 18.1 Å². The molecule has 1 amide bonds. The van der Waals surface area contributed by atoms with E-state index in [1.807, 2.05) is 31.2 Å². The molecule has 0 saturated heterocycles. The van der Waals surface area contributed by atoms with Gasteiger partial charge in [0.05, 0.1) is 6.42 Å². The third-order valence-corrected chi connectivity index (χ3v) is 3.19. The number of aromatic nitrogens is 5. The standard InChI is InChI=1S/C15H14N6O/c1-11-4-2-3-5-12(11)6-15(22)20-13-7-14(18-9-17-13)21-10-16-8-19-21/h2-5,7-10H,6H2,1H3,(H,17,18,20,22). The van der Waals surface area contributed by atoms with Gasteiger partial charge in [-0.05, 0) is 18.1 Å². The number of benzene rings is 1. The van der Waals surface area contributed by atoms with Crippen LogP contribution in [0.2, 0.25) is 0 Å². The summed E-state index contributed by atoms with van der Waals surface area (Å²) >= 11 is 0. The summed E-state index contributed by atoms with van der Waals surface area (Å²) in [5.74, 6) is 0.843. The molecule has 0 radical (unpaired) electrons. The van der Waals surface area contributed by atoms with Gasteiger partial charge in [-0.1, -0.05) is 24.3 Å². The quantitative estimate of drug-likeness (QED) is 0.789. The lowest BCUT2D eigenvalue weighted by Crippen LogP contribution is -2.16. The van der Waals surface area contributed by atoms with Crippen LogP contribution in [-0.2, 0) is 11.2 Å². The Hall–Kier alpha value is -3.09. The van der Waals surface area contributed by atoms with Crippen molar-refractivity contribution < 1.29 is 4.79 Å². The average Bonchev–Trinajstić information content (AvgIpc) is 3.04. The monoisotopic (exact) mass is 294 g/mol. The topological polar surface area (TPSA) is 85.6 Å². The van der Waals surface area contributed by atoms with Crippen LogP contribution in [0.4, 0.5) is 5.82 Å². The molecule has 0 bridgehead atoms. The minimum absolute atomic E-state index is 0.127. The predicted octanol–water partition coefficient (Wildman–Crippen LogP) is 1.55. The summed E-state index contributed by atoms with van der Waals surface area (Å²) in [5, 5.41) is 6.76. The third kappa shape index (κ3) is 3.14. The number of rotatable bonds is 4. The Morgan fingerprint density at radius 1 is 1.23 bits per heavy atom. The Kier molecular flexibility index (Phi) is 3.86. The smallest absolute Gasteiger partial charge is 0.229 e. The van der Waals surface area contributed by atoms with E-state index in [2.05, 4.69) is 25.4 Å². The van der Waals surface area contributed by atoms with Crippen molar-refractivity contribution in [2.24, 2.45) is 0 Å². The largest absolute Gasteiger partial charge is 0.310 e. The van der Waals surface area contributed by atoms with Crippen LogP contribution < -0.4 is 5.32 Å². The van der Waals surface area contributed by atoms with E-state index in [1.54, 1.807) is 6.07 Å². The fourth-order valence-corrected chi connectivity index (χ4v) is 2.04. The van der Waals surface area contributed by atoms with Gasteiger partial charge in [-0.3, -0.25) is 4.79 Å². The number of anilines is 1. The van der Waals surface area contributed by atoms with Crippen molar-refractivity contribution in [2.45, 2.75) is 13.3 Å². The van der Waals surface area contributed by atoms with Crippen LogP contribution in [0.3, 0.4) is 0 Å². The third-order valence-electron chi connectivity index (χ3n) is 3.19. The summed E-state index contributed by atoms with van der Waals surface area (Å²) in [6.07, 6.45) is 4.62. The van der Waals surface area contributed by atoms with Gasteiger partial charge in [-0.25, -0.2) is 19.6 Å². The second kappa shape index (κ2) is 6.13. The molecule has 0 aliphatic carbocycles. The summed E-state index contributed by atoms with van der Waals surface area (Å²) in [5.41, 5.74) is 2.08. The number of hydrogen-bond acceptors (Lipinski definition) is 5. The van der Waals surface area contributed by atoms with Crippen molar-refractivity contribution in [3.05, 3.63) is 60.4 Å². The lowest BCUT2D eigenvalue weighted by molar-refractivity contribution is -0.115. The van der Waals surface area contributed by atoms with E-state index in [0.717, 1.165) is 11.1 Å². The Labute approximate surface area is 127 Å². The zero-order valence-corrected chi connectivity index (χ0v) is 12.0. The van der Waals surface area contributed by atoms with E-state index in [-0.39, 0.29) is 5.91 Å². The highest BCUT2D eigenvalue weighted by Gasteiger charge is 2.08. The summed E-state index contributed by atoms with van der Waals surface area (Å²) < 4.78 is 1.50. The molecule has 0 aliphatic heterocycles. The molecule has 0 unspecified atom stereocenters. The second-order valence-electron chi connectivity index (χ2n) is 4.75. The van der Waals surface area contributed by atoms with Gasteiger partial charge < -0.3 is 5.32 Å². The number of aryl methyl sites for hydroxylation is 1. The van der Waals surface area contributed by atoms with Crippen molar-refractivity contribution in [3.8, 4) is 5.82 Å². The molecule has 0 fully saturated rings. The lowest BCUT2D eigenvalue weighted by Gasteiger charge is -2.07. The highest BCUT2D eigenvalue weighted by Crippen LogP contribution is 2.11. The first kappa shape index (κ1) is 13.9. The fraction of sp³-hybridized carbons (Fsp3) is 0.133. The van der Waals surface area contributed by atoms with Crippen molar-refractivity contribution in [1.82, 2.24) is 24.7 Å². The zero-order valence-electron chi connectivity index (χ0n) is 12.0. The van der Waals surface area contributed by atoms with Gasteiger partial charge in [0.25, 0.3) is 0 Å². The molecule has 0 saturated carbocycles. The Morgan fingerprint density at radius 2 is 2.09 bits per heavy atom. The highest BCUT2D eigenvalue weighted by atomic mass is 16.1. The van der Waals surface area contributed by atoms with Crippen molar-refractivity contribution >= 4 is 11.7 Å². The minimum Gasteiger partial charge on any atom is -0.310 e. The lowest BCUT2D eigenvalue weighted by atomic mass is 10.1. The summed E-state index contributed by atoms with van der Waals surface area (Å²) in [6.45, 7) is 1.98. The van der Waals surface area contributed by atoms with Gasteiger partial charge in [0, 0.05) is 6.07 Å². The van der Waals surface area contributed by atoms with Gasteiger partial charge in [0.1, 0.15) is 24.8 Å². The molecule has 0 spiro atoms. The number of carbonyl (C=O) groups excluding carboxylic acids is 1. The second-order valence-corrected chi connectivity index (χ2v) is 4.75. The van der Waals surface area contributed by atoms with E-state index in [4.69, 9.17) is 0 Å². The highest BCUT2D eigenvalue weighted by molar-refractivity contribution is 5.91. The normalized spacial score (nSPS) is 10.4. The molecule has 1 aromatic carbocycles. The molecule has 3 rings (SSSR count). The van der Waals surface area contributed by atoms with Crippen LogP contribution in [0.15, 0.2) is 49.3 Å². The molecule has 0 aliphatic rings. The Bertz CT molecular complexity index is 784. The van der Waals surface area contributed by atoms with Crippen LogP contribution in [0.1, 0.15) is 11.1 Å². The van der Waals surface area contributed by atoms with Crippen molar-refractivity contribution in [1.29, 1.82) is 0 Å². The molecule has 7 nitrogen and oxygen atoms in total. The average molecular weight is 294 g/mol. The van der Waals surface area contributed by atoms with Crippen LogP contribution in [0, 0.1) is 6.92 Å². The molecule has 2 aromatic heterocycles. The molecule has 22 heavy (non-hydrogen) atoms. The molecule has 3 aromatic rings. The maximum atomic E-state index is 12.1. The molecule has 2 heterocycles. The number of hydrogen-bond donors (Lipinski definition) is 1. The SMILES string of the molecule is Cc1ccccc1CC(=O)Nc1cc(-n2cncn2)ncn1. The zero-order chi connectivity index (χ0) is 15.4. The van der Waals surface area contributed by atoms with Gasteiger partial charge in [0.15, 0.2) is 5.82 Å². The summed E-state index contributed by atoms with van der Waals surface area (Å²) in [6, 6.07) is 9.44. The van der Waals surface area contributed by atoms with Crippen molar-refractivity contribution in [3.63, 3.8) is 0 Å². The number of amides is 1. The first-order chi connectivity index (χ1) is 10.7. The van der Waals surface area contributed by atoms with Crippen LogP contribution in [-0.4, -0.2) is 30.6 Å². The fourth-order valence-electron chi connectivity index (χ4n) is 2.04. The Balaban J connectivity index is 1.72. The van der Waals surface area contributed by atoms with Crippen molar-refractivity contribution in [2.75, 3.05) is 5.32 Å². The maximum Gasteiger partial charge on any atom is 0.229 e. The van der Waals surface area contributed by atoms with E-state index in [9.17, 15) is 4.79 Å².